The Kier molecular flexibility index (Phi) is 4.07. The van der Waals surface area contributed by atoms with Crippen molar-refractivity contribution < 1.29 is 14.3 Å². The molecule has 4 heteroatoms. The van der Waals surface area contributed by atoms with Gasteiger partial charge in [0, 0.05) is 24.8 Å². The molecule has 0 saturated carbocycles. The van der Waals surface area contributed by atoms with Gasteiger partial charge >= 0.3 is 5.97 Å². The number of methoxy groups -OCH3 is 2. The van der Waals surface area contributed by atoms with E-state index in [0.717, 1.165) is 37.4 Å². The maximum absolute atomic E-state index is 11.6. The molecule has 0 radical (unpaired) electrons. The van der Waals surface area contributed by atoms with E-state index in [2.05, 4.69) is 4.90 Å². The highest BCUT2D eigenvalue weighted by Crippen LogP contribution is 2.26. The first kappa shape index (κ1) is 12.7. The van der Waals surface area contributed by atoms with Crippen LogP contribution in [0.5, 0.6) is 5.75 Å². The first-order valence-corrected chi connectivity index (χ1v) is 6.21. The summed E-state index contributed by atoms with van der Waals surface area (Å²) in [7, 11) is 3.11. The number of hydrogen-bond acceptors (Lipinski definition) is 4. The second-order valence-electron chi connectivity index (χ2n) is 4.51. The fraction of sp³-hybridized carbons (Fsp3) is 0.500. The maximum Gasteiger partial charge on any atom is 0.310 e. The SMILES string of the molecule is COC(=O)C1CCCN(c2cccc(OC)c2)C1. The number of anilines is 1. The van der Waals surface area contributed by atoms with Gasteiger partial charge in [-0.25, -0.2) is 0 Å². The lowest BCUT2D eigenvalue weighted by atomic mass is 9.97. The number of hydrogen-bond donors (Lipinski definition) is 0. The topological polar surface area (TPSA) is 38.8 Å². The molecule has 98 valence electrons. The van der Waals surface area contributed by atoms with Gasteiger partial charge in [-0.2, -0.15) is 0 Å². The predicted molar refractivity (Wildman–Crippen MR) is 69.9 cm³/mol. The van der Waals surface area contributed by atoms with E-state index in [9.17, 15) is 4.79 Å². The molecule has 0 N–H and O–H groups in total. The fourth-order valence-corrected chi connectivity index (χ4v) is 2.38. The number of esters is 1. The standard InChI is InChI=1S/C14H19NO3/c1-17-13-7-3-6-12(9-13)15-8-4-5-11(10-15)14(16)18-2/h3,6-7,9,11H,4-5,8,10H2,1-2H3. The minimum absolute atomic E-state index is 0.0186. The summed E-state index contributed by atoms with van der Waals surface area (Å²) < 4.78 is 10.1. The first-order valence-electron chi connectivity index (χ1n) is 6.21. The highest BCUT2D eigenvalue weighted by molar-refractivity contribution is 5.73. The Morgan fingerprint density at radius 3 is 2.94 bits per heavy atom. The van der Waals surface area contributed by atoms with Crippen LogP contribution in [-0.2, 0) is 9.53 Å². The summed E-state index contributed by atoms with van der Waals surface area (Å²) in [5.41, 5.74) is 1.10. The summed E-state index contributed by atoms with van der Waals surface area (Å²) in [6, 6.07) is 7.93. The van der Waals surface area contributed by atoms with Gasteiger partial charge in [0.2, 0.25) is 0 Å². The van der Waals surface area contributed by atoms with Gasteiger partial charge in [-0.15, -0.1) is 0 Å². The first-order chi connectivity index (χ1) is 8.74. The van der Waals surface area contributed by atoms with Crippen molar-refractivity contribution in [3.05, 3.63) is 24.3 Å². The number of ether oxygens (including phenoxy) is 2. The Morgan fingerprint density at radius 1 is 1.39 bits per heavy atom. The molecule has 1 aromatic carbocycles. The van der Waals surface area contributed by atoms with Gasteiger partial charge in [0.25, 0.3) is 0 Å². The number of carbonyl (C=O) groups excluding carboxylic acids is 1. The lowest BCUT2D eigenvalue weighted by molar-refractivity contribution is -0.145. The number of rotatable bonds is 3. The van der Waals surface area contributed by atoms with Crippen molar-refractivity contribution in [3.63, 3.8) is 0 Å². The van der Waals surface area contributed by atoms with E-state index in [1.165, 1.54) is 7.11 Å². The average Bonchev–Trinajstić information content (AvgIpc) is 2.46. The molecule has 1 unspecified atom stereocenters. The van der Waals surface area contributed by atoms with Crippen LogP contribution in [0, 0.1) is 5.92 Å². The molecule has 1 saturated heterocycles. The largest absolute Gasteiger partial charge is 0.497 e. The Morgan fingerprint density at radius 2 is 2.22 bits per heavy atom. The third-order valence-electron chi connectivity index (χ3n) is 3.37. The number of piperidine rings is 1. The van der Waals surface area contributed by atoms with E-state index in [1.54, 1.807) is 7.11 Å². The zero-order valence-corrected chi connectivity index (χ0v) is 10.9. The Balaban J connectivity index is 2.10. The molecule has 1 heterocycles. The molecule has 2 rings (SSSR count). The summed E-state index contributed by atoms with van der Waals surface area (Å²) in [6.07, 6.45) is 1.92. The van der Waals surface area contributed by atoms with Gasteiger partial charge in [0.1, 0.15) is 5.75 Å². The summed E-state index contributed by atoms with van der Waals surface area (Å²) in [6.45, 7) is 1.69. The van der Waals surface area contributed by atoms with Crippen molar-refractivity contribution in [2.75, 3.05) is 32.2 Å². The van der Waals surface area contributed by atoms with Crippen molar-refractivity contribution in [1.82, 2.24) is 0 Å². The van der Waals surface area contributed by atoms with E-state index in [-0.39, 0.29) is 11.9 Å². The summed E-state index contributed by atoms with van der Waals surface area (Å²) >= 11 is 0. The van der Waals surface area contributed by atoms with Crippen molar-refractivity contribution in [2.24, 2.45) is 5.92 Å². The van der Waals surface area contributed by atoms with Crippen LogP contribution in [0.25, 0.3) is 0 Å². The van der Waals surface area contributed by atoms with Crippen molar-refractivity contribution in [1.29, 1.82) is 0 Å². The smallest absolute Gasteiger partial charge is 0.310 e. The molecule has 1 fully saturated rings. The molecule has 0 bridgehead atoms. The summed E-state index contributed by atoms with van der Waals surface area (Å²) in [4.78, 5) is 13.8. The Bertz CT molecular complexity index is 419. The second-order valence-corrected chi connectivity index (χ2v) is 4.51. The molecule has 1 aliphatic heterocycles. The van der Waals surface area contributed by atoms with Crippen LogP contribution in [0.2, 0.25) is 0 Å². The van der Waals surface area contributed by atoms with Crippen molar-refractivity contribution >= 4 is 11.7 Å². The quantitative estimate of drug-likeness (QED) is 0.769. The molecule has 1 aliphatic rings. The Labute approximate surface area is 107 Å². The van der Waals surface area contributed by atoms with Crippen LogP contribution in [0.3, 0.4) is 0 Å². The highest BCUT2D eigenvalue weighted by Gasteiger charge is 2.26. The normalized spacial score (nSPS) is 19.4. The second kappa shape index (κ2) is 5.76. The molecular weight excluding hydrogens is 230 g/mol. The minimum atomic E-state index is -0.109. The van der Waals surface area contributed by atoms with Crippen LogP contribution in [-0.4, -0.2) is 33.3 Å². The highest BCUT2D eigenvalue weighted by atomic mass is 16.5. The molecule has 1 aromatic rings. The lowest BCUT2D eigenvalue weighted by Gasteiger charge is -2.33. The van der Waals surface area contributed by atoms with Crippen LogP contribution < -0.4 is 9.64 Å². The van der Waals surface area contributed by atoms with Gasteiger partial charge < -0.3 is 14.4 Å². The number of carbonyl (C=O) groups is 1. The third-order valence-corrected chi connectivity index (χ3v) is 3.37. The van der Waals surface area contributed by atoms with Gasteiger partial charge in [-0.1, -0.05) is 6.07 Å². The zero-order valence-electron chi connectivity index (χ0n) is 10.9. The fourth-order valence-electron chi connectivity index (χ4n) is 2.38. The van der Waals surface area contributed by atoms with E-state index in [4.69, 9.17) is 9.47 Å². The zero-order chi connectivity index (χ0) is 13.0. The van der Waals surface area contributed by atoms with E-state index in [0.29, 0.717) is 0 Å². The van der Waals surface area contributed by atoms with E-state index < -0.39 is 0 Å². The maximum atomic E-state index is 11.6. The monoisotopic (exact) mass is 249 g/mol. The summed E-state index contributed by atoms with van der Waals surface area (Å²) in [5.74, 6) is 0.713. The van der Waals surface area contributed by atoms with Crippen molar-refractivity contribution in [3.8, 4) is 5.75 Å². The molecule has 18 heavy (non-hydrogen) atoms. The molecular formula is C14H19NO3. The number of benzene rings is 1. The van der Waals surface area contributed by atoms with Gasteiger partial charge in [-0.05, 0) is 25.0 Å². The van der Waals surface area contributed by atoms with Crippen LogP contribution in [0.15, 0.2) is 24.3 Å². The Hall–Kier alpha value is -1.71. The molecule has 0 amide bonds. The van der Waals surface area contributed by atoms with Crippen LogP contribution >= 0.6 is 0 Å². The van der Waals surface area contributed by atoms with E-state index >= 15 is 0 Å². The molecule has 4 nitrogen and oxygen atoms in total. The van der Waals surface area contributed by atoms with Gasteiger partial charge in [0.05, 0.1) is 20.1 Å². The molecule has 0 spiro atoms. The van der Waals surface area contributed by atoms with Gasteiger partial charge in [-0.3, -0.25) is 4.79 Å². The number of nitrogens with zero attached hydrogens (tertiary/aromatic N) is 1. The molecule has 0 aliphatic carbocycles. The van der Waals surface area contributed by atoms with Gasteiger partial charge in [0.15, 0.2) is 0 Å². The minimum Gasteiger partial charge on any atom is -0.497 e. The van der Waals surface area contributed by atoms with Crippen LogP contribution in [0.4, 0.5) is 5.69 Å². The van der Waals surface area contributed by atoms with Crippen LogP contribution in [0.1, 0.15) is 12.8 Å². The summed E-state index contributed by atoms with van der Waals surface area (Å²) in [5, 5.41) is 0. The molecule has 1 atom stereocenters. The molecule has 0 aromatic heterocycles. The third kappa shape index (κ3) is 2.75. The lowest BCUT2D eigenvalue weighted by Crippen LogP contribution is -2.39. The average molecular weight is 249 g/mol. The van der Waals surface area contributed by atoms with Crippen molar-refractivity contribution in [2.45, 2.75) is 12.8 Å². The van der Waals surface area contributed by atoms with E-state index in [1.807, 2.05) is 24.3 Å². The predicted octanol–water partition coefficient (Wildman–Crippen LogP) is 2.08.